The standard InChI is InChI=1S/C30H36ClN3O6/c1-19-26(29(36)38-3)28(27(20(2)32-19)30(37)39-4)21-9-11-23(12-10-21)40-18-22(35)17-33-13-15-34(16-14-33)25-8-6-5-7-24(25)31/h5-12,22,28,32,35H,13-18H2,1-4H3. The quantitative estimate of drug-likeness (QED) is 0.440. The van der Waals surface area contributed by atoms with Gasteiger partial charge in [0.2, 0.25) is 0 Å². The molecule has 1 saturated heterocycles. The number of aliphatic hydroxyl groups is 1. The Labute approximate surface area is 239 Å². The van der Waals surface area contributed by atoms with E-state index in [-0.39, 0.29) is 6.61 Å². The molecule has 1 unspecified atom stereocenters. The highest BCUT2D eigenvalue weighted by molar-refractivity contribution is 6.33. The van der Waals surface area contributed by atoms with Crippen LogP contribution in [0.1, 0.15) is 25.3 Å². The summed E-state index contributed by atoms with van der Waals surface area (Å²) in [6, 6.07) is 15.0. The number of halogens is 1. The number of hydrogen-bond acceptors (Lipinski definition) is 9. The minimum atomic E-state index is -0.663. The number of para-hydroxylation sites is 1. The van der Waals surface area contributed by atoms with Crippen molar-refractivity contribution in [3.05, 3.63) is 81.7 Å². The van der Waals surface area contributed by atoms with Gasteiger partial charge in [-0.3, -0.25) is 4.90 Å². The second-order valence-electron chi connectivity index (χ2n) is 9.89. The van der Waals surface area contributed by atoms with E-state index >= 15 is 0 Å². The lowest BCUT2D eigenvalue weighted by Crippen LogP contribution is -2.49. The second kappa shape index (κ2) is 13.2. The van der Waals surface area contributed by atoms with E-state index in [1.165, 1.54) is 14.2 Å². The zero-order valence-corrected chi connectivity index (χ0v) is 24.0. The van der Waals surface area contributed by atoms with Crippen molar-refractivity contribution in [2.75, 3.05) is 58.5 Å². The molecular weight excluding hydrogens is 534 g/mol. The fourth-order valence-electron chi connectivity index (χ4n) is 5.27. The van der Waals surface area contributed by atoms with Crippen LogP contribution < -0.4 is 15.0 Å². The third kappa shape index (κ3) is 6.60. The number of anilines is 1. The fraction of sp³-hybridized carbons (Fsp3) is 0.400. The van der Waals surface area contributed by atoms with Crippen LogP contribution in [0, 0.1) is 0 Å². The number of esters is 2. The van der Waals surface area contributed by atoms with E-state index in [9.17, 15) is 14.7 Å². The molecule has 2 aromatic rings. The number of carbonyl (C=O) groups is 2. The number of aliphatic hydroxyl groups excluding tert-OH is 1. The van der Waals surface area contributed by atoms with E-state index in [2.05, 4.69) is 15.1 Å². The third-order valence-corrected chi connectivity index (χ3v) is 7.58. The van der Waals surface area contributed by atoms with Gasteiger partial charge in [0.05, 0.1) is 42.0 Å². The number of rotatable bonds is 9. The predicted octanol–water partition coefficient (Wildman–Crippen LogP) is 3.48. The van der Waals surface area contributed by atoms with Gasteiger partial charge < -0.3 is 29.5 Å². The van der Waals surface area contributed by atoms with Gasteiger partial charge in [0, 0.05) is 44.1 Å². The van der Waals surface area contributed by atoms with Crippen molar-refractivity contribution in [2.45, 2.75) is 25.9 Å². The smallest absolute Gasteiger partial charge is 0.336 e. The van der Waals surface area contributed by atoms with Crippen molar-refractivity contribution in [3.8, 4) is 5.75 Å². The molecule has 0 amide bonds. The van der Waals surface area contributed by atoms with Crippen LogP contribution >= 0.6 is 11.6 Å². The average Bonchev–Trinajstić information content (AvgIpc) is 2.96. The number of carbonyl (C=O) groups excluding carboxylic acids is 2. The second-order valence-corrected chi connectivity index (χ2v) is 10.3. The van der Waals surface area contributed by atoms with E-state index in [0.29, 0.717) is 40.4 Å². The number of hydrogen-bond donors (Lipinski definition) is 2. The number of nitrogens with zero attached hydrogens (tertiary/aromatic N) is 2. The minimum absolute atomic E-state index is 0.135. The Hall–Kier alpha value is -3.53. The zero-order chi connectivity index (χ0) is 28.8. The van der Waals surface area contributed by atoms with Gasteiger partial charge in [0.25, 0.3) is 0 Å². The maximum atomic E-state index is 12.7. The molecule has 2 N–H and O–H groups in total. The zero-order valence-electron chi connectivity index (χ0n) is 23.3. The Balaban J connectivity index is 1.36. The van der Waals surface area contributed by atoms with Crippen molar-refractivity contribution in [1.82, 2.24) is 10.2 Å². The predicted molar refractivity (Wildman–Crippen MR) is 153 cm³/mol. The summed E-state index contributed by atoms with van der Waals surface area (Å²) in [5, 5.41) is 14.5. The van der Waals surface area contributed by atoms with E-state index in [1.807, 2.05) is 24.3 Å². The van der Waals surface area contributed by atoms with Crippen molar-refractivity contribution < 1.29 is 28.9 Å². The Kier molecular flexibility index (Phi) is 9.73. The van der Waals surface area contributed by atoms with Gasteiger partial charge in [-0.05, 0) is 43.7 Å². The number of nitrogens with one attached hydrogen (secondary N) is 1. The highest BCUT2D eigenvalue weighted by atomic mass is 35.5. The molecule has 0 aromatic heterocycles. The van der Waals surface area contributed by atoms with E-state index in [4.69, 9.17) is 25.8 Å². The van der Waals surface area contributed by atoms with Gasteiger partial charge in [-0.2, -0.15) is 0 Å². The number of piperazine rings is 1. The monoisotopic (exact) mass is 569 g/mol. The van der Waals surface area contributed by atoms with Crippen LogP contribution in [-0.4, -0.2) is 81.6 Å². The minimum Gasteiger partial charge on any atom is -0.491 e. The molecule has 0 saturated carbocycles. The van der Waals surface area contributed by atoms with Crippen LogP contribution in [0.4, 0.5) is 5.69 Å². The number of dihydropyridines is 1. The fourth-order valence-corrected chi connectivity index (χ4v) is 5.52. The Morgan fingerprint density at radius 3 is 2.08 bits per heavy atom. The summed E-state index contributed by atoms with van der Waals surface area (Å²) in [5.74, 6) is -1.15. The van der Waals surface area contributed by atoms with Crippen LogP contribution in [0.5, 0.6) is 5.75 Å². The molecule has 0 radical (unpaired) electrons. The first kappa shape index (κ1) is 29.5. The summed E-state index contributed by atoms with van der Waals surface area (Å²) in [4.78, 5) is 29.8. The maximum absolute atomic E-state index is 12.7. The molecule has 10 heteroatoms. The van der Waals surface area contributed by atoms with Crippen LogP contribution in [0.3, 0.4) is 0 Å². The first-order valence-corrected chi connectivity index (χ1v) is 13.6. The third-order valence-electron chi connectivity index (χ3n) is 7.26. The highest BCUT2D eigenvalue weighted by Gasteiger charge is 2.37. The van der Waals surface area contributed by atoms with Gasteiger partial charge >= 0.3 is 11.9 Å². The molecule has 1 fully saturated rings. The Bertz CT molecular complexity index is 1250. The molecule has 2 aromatic carbocycles. The SMILES string of the molecule is COC(=O)C1=C(C)NC(C)=C(C(=O)OC)C1c1ccc(OCC(O)CN2CCN(c3ccccc3Cl)CC2)cc1. The number of β-amino-alcohol motifs (C(OH)–C–C–N with tert-alkyl or cyclic N) is 1. The van der Waals surface area contributed by atoms with E-state index in [1.54, 1.807) is 38.1 Å². The molecule has 0 bridgehead atoms. The summed E-state index contributed by atoms with van der Waals surface area (Å²) in [6.07, 6.45) is -0.663. The molecule has 0 spiro atoms. The first-order chi connectivity index (χ1) is 19.2. The number of ether oxygens (including phenoxy) is 3. The van der Waals surface area contributed by atoms with Crippen molar-refractivity contribution in [3.63, 3.8) is 0 Å². The lowest BCUT2D eigenvalue weighted by molar-refractivity contribution is -0.137. The molecule has 4 rings (SSSR count). The molecule has 1 atom stereocenters. The van der Waals surface area contributed by atoms with Crippen LogP contribution in [-0.2, 0) is 19.1 Å². The molecule has 2 aliphatic rings. The van der Waals surface area contributed by atoms with Gasteiger partial charge in [0.1, 0.15) is 18.5 Å². The number of methoxy groups -OCH3 is 2. The normalized spacial score (nSPS) is 17.4. The van der Waals surface area contributed by atoms with Gasteiger partial charge in [0.15, 0.2) is 0 Å². The summed E-state index contributed by atoms with van der Waals surface area (Å²) >= 11 is 6.34. The van der Waals surface area contributed by atoms with Gasteiger partial charge in [-0.15, -0.1) is 0 Å². The van der Waals surface area contributed by atoms with Gasteiger partial charge in [-0.25, -0.2) is 9.59 Å². The van der Waals surface area contributed by atoms with Crippen LogP contribution in [0.25, 0.3) is 0 Å². The lowest BCUT2D eigenvalue weighted by atomic mass is 9.80. The Morgan fingerprint density at radius 1 is 0.950 bits per heavy atom. The van der Waals surface area contributed by atoms with Crippen molar-refractivity contribution in [2.24, 2.45) is 0 Å². The molecule has 40 heavy (non-hydrogen) atoms. The average molecular weight is 570 g/mol. The number of benzene rings is 2. The molecule has 9 nitrogen and oxygen atoms in total. The molecule has 214 valence electrons. The first-order valence-electron chi connectivity index (χ1n) is 13.2. The Morgan fingerprint density at radius 2 is 1.52 bits per heavy atom. The van der Waals surface area contributed by atoms with Crippen molar-refractivity contribution in [1.29, 1.82) is 0 Å². The molecule has 2 heterocycles. The van der Waals surface area contributed by atoms with E-state index < -0.39 is 24.0 Å². The summed E-state index contributed by atoms with van der Waals surface area (Å²) < 4.78 is 15.9. The van der Waals surface area contributed by atoms with Crippen molar-refractivity contribution >= 4 is 29.2 Å². The van der Waals surface area contributed by atoms with E-state index in [0.717, 1.165) is 36.9 Å². The summed E-state index contributed by atoms with van der Waals surface area (Å²) in [7, 11) is 2.62. The molecular formula is C30H36ClN3O6. The molecule has 2 aliphatic heterocycles. The maximum Gasteiger partial charge on any atom is 0.336 e. The summed E-state index contributed by atoms with van der Waals surface area (Å²) in [6.45, 7) is 7.48. The van der Waals surface area contributed by atoms with Gasteiger partial charge in [-0.1, -0.05) is 35.9 Å². The molecule has 0 aliphatic carbocycles. The largest absolute Gasteiger partial charge is 0.491 e. The highest BCUT2D eigenvalue weighted by Crippen LogP contribution is 2.39. The summed E-state index contributed by atoms with van der Waals surface area (Å²) in [5.41, 5.74) is 3.65. The topological polar surface area (TPSA) is 101 Å². The lowest BCUT2D eigenvalue weighted by Gasteiger charge is -2.37. The number of allylic oxidation sites excluding steroid dienone is 2. The van der Waals surface area contributed by atoms with Crippen LogP contribution in [0.15, 0.2) is 71.1 Å². The van der Waals surface area contributed by atoms with Crippen LogP contribution in [0.2, 0.25) is 5.02 Å².